The quantitative estimate of drug-likeness (QED) is 0.778. The van der Waals surface area contributed by atoms with Gasteiger partial charge in [0.15, 0.2) is 5.58 Å². The van der Waals surface area contributed by atoms with Gasteiger partial charge in [-0.1, -0.05) is 24.3 Å². The van der Waals surface area contributed by atoms with Crippen LogP contribution in [0.5, 0.6) is 11.8 Å². The number of para-hydroxylation sites is 2. The smallest absolute Gasteiger partial charge is 0.400 e. The van der Waals surface area contributed by atoms with E-state index in [1.807, 2.05) is 49.4 Å². The fraction of sp³-hybridized carbons (Fsp3) is 0.133. The predicted octanol–water partition coefficient (Wildman–Crippen LogP) is 3.39. The van der Waals surface area contributed by atoms with Crippen LogP contribution < -0.4 is 10.5 Å². The Balaban J connectivity index is 1.96. The Bertz CT molecular complexity index is 686. The van der Waals surface area contributed by atoms with Gasteiger partial charge in [0.2, 0.25) is 0 Å². The zero-order valence-electron chi connectivity index (χ0n) is 10.6. The van der Waals surface area contributed by atoms with Crippen molar-refractivity contribution in [2.45, 2.75) is 13.5 Å². The summed E-state index contributed by atoms with van der Waals surface area (Å²) >= 11 is 0. The first kappa shape index (κ1) is 11.7. The van der Waals surface area contributed by atoms with Crippen molar-refractivity contribution in [1.82, 2.24) is 4.98 Å². The van der Waals surface area contributed by atoms with E-state index in [1.165, 1.54) is 0 Å². The summed E-state index contributed by atoms with van der Waals surface area (Å²) in [5, 5.41) is 0. The summed E-state index contributed by atoms with van der Waals surface area (Å²) in [5.41, 5.74) is 9.15. The molecule has 96 valence electrons. The van der Waals surface area contributed by atoms with Crippen LogP contribution in [0.15, 0.2) is 46.9 Å². The third-order valence-electron chi connectivity index (χ3n) is 2.96. The van der Waals surface area contributed by atoms with Gasteiger partial charge in [-0.15, -0.1) is 0 Å². The van der Waals surface area contributed by atoms with Gasteiger partial charge >= 0.3 is 6.08 Å². The van der Waals surface area contributed by atoms with Gasteiger partial charge in [-0.2, -0.15) is 4.98 Å². The Morgan fingerprint density at radius 1 is 1.21 bits per heavy atom. The molecule has 0 spiro atoms. The first-order valence-corrected chi connectivity index (χ1v) is 6.09. The Morgan fingerprint density at radius 2 is 2.05 bits per heavy atom. The molecule has 2 aromatic carbocycles. The summed E-state index contributed by atoms with van der Waals surface area (Å²) in [5.74, 6) is 0.717. The minimum atomic E-state index is 0.249. The molecule has 0 atom stereocenters. The molecular formula is C15H14N2O2. The van der Waals surface area contributed by atoms with E-state index in [4.69, 9.17) is 14.9 Å². The Kier molecular flexibility index (Phi) is 2.93. The number of fused-ring (bicyclic) bond motifs is 1. The first-order chi connectivity index (χ1) is 9.26. The molecule has 1 heterocycles. The van der Waals surface area contributed by atoms with Crippen LogP contribution in [0.4, 0.5) is 0 Å². The highest BCUT2D eigenvalue weighted by molar-refractivity contribution is 5.72. The third kappa shape index (κ3) is 2.30. The van der Waals surface area contributed by atoms with E-state index in [0.29, 0.717) is 12.1 Å². The van der Waals surface area contributed by atoms with Crippen LogP contribution in [-0.4, -0.2) is 4.98 Å². The van der Waals surface area contributed by atoms with Crippen molar-refractivity contribution in [2.24, 2.45) is 5.73 Å². The SMILES string of the molecule is Cc1ccc(CN)cc1Oc1nc2ccccc2o1. The zero-order chi connectivity index (χ0) is 13.2. The fourth-order valence-electron chi connectivity index (χ4n) is 1.87. The number of rotatable bonds is 3. The molecule has 0 bridgehead atoms. The zero-order valence-corrected chi connectivity index (χ0v) is 10.6. The monoisotopic (exact) mass is 254 g/mol. The van der Waals surface area contributed by atoms with Crippen molar-refractivity contribution < 1.29 is 9.15 Å². The number of hydrogen-bond donors (Lipinski definition) is 1. The number of nitrogens with zero attached hydrogens (tertiary/aromatic N) is 1. The van der Waals surface area contributed by atoms with Crippen molar-refractivity contribution in [2.75, 3.05) is 0 Å². The second kappa shape index (κ2) is 4.74. The maximum atomic E-state index is 5.70. The summed E-state index contributed by atoms with van der Waals surface area (Å²) in [6.07, 6.45) is 0.249. The average molecular weight is 254 g/mol. The summed E-state index contributed by atoms with van der Waals surface area (Å²) in [4.78, 5) is 4.28. The number of hydrogen-bond acceptors (Lipinski definition) is 4. The molecular weight excluding hydrogens is 240 g/mol. The average Bonchev–Trinajstić information content (AvgIpc) is 2.83. The van der Waals surface area contributed by atoms with Crippen LogP contribution in [0.2, 0.25) is 0 Å². The molecule has 0 aliphatic heterocycles. The van der Waals surface area contributed by atoms with Gasteiger partial charge < -0.3 is 14.9 Å². The van der Waals surface area contributed by atoms with Gasteiger partial charge in [-0.25, -0.2) is 0 Å². The molecule has 0 amide bonds. The molecule has 0 unspecified atom stereocenters. The van der Waals surface area contributed by atoms with Crippen LogP contribution >= 0.6 is 0 Å². The van der Waals surface area contributed by atoms with Crippen molar-refractivity contribution in [3.8, 4) is 11.8 Å². The lowest BCUT2D eigenvalue weighted by molar-refractivity contribution is 0.341. The summed E-state index contributed by atoms with van der Waals surface area (Å²) in [7, 11) is 0. The second-order valence-corrected chi connectivity index (χ2v) is 4.35. The van der Waals surface area contributed by atoms with E-state index < -0.39 is 0 Å². The van der Waals surface area contributed by atoms with Gasteiger partial charge in [0, 0.05) is 6.54 Å². The van der Waals surface area contributed by atoms with Crippen molar-refractivity contribution in [1.29, 1.82) is 0 Å². The molecule has 2 N–H and O–H groups in total. The van der Waals surface area contributed by atoms with Crippen LogP contribution in [0, 0.1) is 6.92 Å². The molecule has 4 heteroatoms. The van der Waals surface area contributed by atoms with Gasteiger partial charge in [0.25, 0.3) is 0 Å². The van der Waals surface area contributed by atoms with Crippen LogP contribution in [0.25, 0.3) is 11.1 Å². The lowest BCUT2D eigenvalue weighted by Crippen LogP contribution is -1.97. The van der Waals surface area contributed by atoms with E-state index in [-0.39, 0.29) is 6.08 Å². The Hall–Kier alpha value is -2.33. The van der Waals surface area contributed by atoms with Gasteiger partial charge in [-0.3, -0.25) is 0 Å². The Morgan fingerprint density at radius 3 is 2.84 bits per heavy atom. The molecule has 4 nitrogen and oxygen atoms in total. The summed E-state index contributed by atoms with van der Waals surface area (Å²) < 4.78 is 11.2. The molecule has 0 aliphatic rings. The molecule has 1 aromatic heterocycles. The summed E-state index contributed by atoms with van der Waals surface area (Å²) in [6.45, 7) is 2.45. The largest absolute Gasteiger partial charge is 0.411 e. The van der Waals surface area contributed by atoms with Crippen LogP contribution in [0.3, 0.4) is 0 Å². The highest BCUT2D eigenvalue weighted by Crippen LogP contribution is 2.28. The number of aryl methyl sites for hydroxylation is 1. The number of ether oxygens (including phenoxy) is 1. The lowest BCUT2D eigenvalue weighted by Gasteiger charge is -2.06. The van der Waals surface area contributed by atoms with Crippen molar-refractivity contribution in [3.05, 3.63) is 53.6 Å². The van der Waals surface area contributed by atoms with Crippen LogP contribution in [-0.2, 0) is 6.54 Å². The third-order valence-corrected chi connectivity index (χ3v) is 2.96. The molecule has 3 rings (SSSR count). The molecule has 0 radical (unpaired) electrons. The van der Waals surface area contributed by atoms with E-state index in [1.54, 1.807) is 0 Å². The van der Waals surface area contributed by atoms with Gasteiger partial charge in [0.05, 0.1) is 0 Å². The second-order valence-electron chi connectivity index (χ2n) is 4.35. The van der Waals surface area contributed by atoms with Gasteiger partial charge in [0.1, 0.15) is 11.3 Å². The van der Waals surface area contributed by atoms with Gasteiger partial charge in [-0.05, 0) is 36.2 Å². The Labute approximate surface area is 110 Å². The topological polar surface area (TPSA) is 61.3 Å². The molecule has 0 aliphatic carbocycles. The fourth-order valence-corrected chi connectivity index (χ4v) is 1.87. The standard InChI is InChI=1S/C15H14N2O2/c1-10-6-7-11(9-16)8-14(10)19-15-17-12-4-2-3-5-13(12)18-15/h2-8H,9,16H2,1H3. The minimum absolute atomic E-state index is 0.249. The highest BCUT2D eigenvalue weighted by atomic mass is 16.6. The molecule has 0 saturated carbocycles. The maximum Gasteiger partial charge on any atom is 0.400 e. The van der Waals surface area contributed by atoms with E-state index in [0.717, 1.165) is 22.4 Å². The minimum Gasteiger partial charge on any atom is -0.411 e. The van der Waals surface area contributed by atoms with Crippen molar-refractivity contribution in [3.63, 3.8) is 0 Å². The van der Waals surface area contributed by atoms with E-state index >= 15 is 0 Å². The lowest BCUT2D eigenvalue weighted by atomic mass is 10.1. The molecule has 19 heavy (non-hydrogen) atoms. The van der Waals surface area contributed by atoms with E-state index in [2.05, 4.69) is 4.98 Å². The number of oxazole rings is 1. The first-order valence-electron chi connectivity index (χ1n) is 6.09. The van der Waals surface area contributed by atoms with E-state index in [9.17, 15) is 0 Å². The molecule has 0 fully saturated rings. The highest BCUT2D eigenvalue weighted by Gasteiger charge is 2.09. The predicted molar refractivity (Wildman–Crippen MR) is 73.2 cm³/mol. The normalized spacial score (nSPS) is 10.8. The maximum absolute atomic E-state index is 5.70. The number of nitrogens with two attached hydrogens (primary N) is 1. The molecule has 3 aromatic rings. The van der Waals surface area contributed by atoms with Crippen LogP contribution in [0.1, 0.15) is 11.1 Å². The number of aromatic nitrogens is 1. The number of benzene rings is 2. The molecule has 0 saturated heterocycles. The van der Waals surface area contributed by atoms with Crippen molar-refractivity contribution >= 4 is 11.1 Å². The summed E-state index contributed by atoms with van der Waals surface area (Å²) in [6, 6.07) is 13.4.